The summed E-state index contributed by atoms with van der Waals surface area (Å²) >= 11 is 0. The van der Waals surface area contributed by atoms with E-state index in [0.717, 1.165) is 5.56 Å². The summed E-state index contributed by atoms with van der Waals surface area (Å²) in [5.74, 6) is 2.66. The molecule has 0 fully saturated rings. The first-order valence-corrected chi connectivity index (χ1v) is 9.17. The third kappa shape index (κ3) is 7.12. The molecule has 0 aliphatic carbocycles. The molecule has 0 saturated carbocycles. The van der Waals surface area contributed by atoms with Crippen molar-refractivity contribution in [3.05, 3.63) is 47.8 Å². The lowest BCUT2D eigenvalue weighted by Crippen LogP contribution is -2.41. The average molecular weight is 533 g/mol. The normalized spacial score (nSPS) is 11.7. The molecular weight excluding hydrogens is 504 g/mol. The first-order chi connectivity index (χ1) is 14.0. The molecule has 0 heterocycles. The monoisotopic (exact) mass is 533 g/mol. The Hall–Kier alpha value is -2.43. The summed E-state index contributed by atoms with van der Waals surface area (Å²) in [4.78, 5) is 4.22. The molecule has 0 saturated heterocycles. The summed E-state index contributed by atoms with van der Waals surface area (Å²) in [5.41, 5.74) is 0.892. The van der Waals surface area contributed by atoms with Crippen molar-refractivity contribution >= 4 is 29.9 Å². The highest BCUT2D eigenvalue weighted by Crippen LogP contribution is 2.39. The highest BCUT2D eigenvalue weighted by Gasteiger charge is 2.16. The Morgan fingerprint density at radius 3 is 2.20 bits per heavy atom. The van der Waals surface area contributed by atoms with Crippen molar-refractivity contribution in [2.24, 2.45) is 4.99 Å². The van der Waals surface area contributed by atoms with E-state index in [1.807, 2.05) is 19.1 Å². The van der Waals surface area contributed by atoms with Gasteiger partial charge < -0.3 is 29.6 Å². The van der Waals surface area contributed by atoms with Gasteiger partial charge in [-0.3, -0.25) is 4.99 Å². The van der Waals surface area contributed by atoms with Crippen molar-refractivity contribution < 1.29 is 23.3 Å². The molecule has 9 heteroatoms. The predicted octanol–water partition coefficient (Wildman–Crippen LogP) is 3.60. The molecule has 2 aromatic carbocycles. The van der Waals surface area contributed by atoms with Gasteiger partial charge in [-0.25, -0.2) is 4.39 Å². The lowest BCUT2D eigenvalue weighted by molar-refractivity contribution is 0.223. The van der Waals surface area contributed by atoms with Gasteiger partial charge in [-0.05, 0) is 43.3 Å². The van der Waals surface area contributed by atoms with E-state index in [0.29, 0.717) is 42.0 Å². The third-order valence-electron chi connectivity index (χ3n) is 4.16. The van der Waals surface area contributed by atoms with Crippen molar-refractivity contribution in [1.29, 1.82) is 0 Å². The van der Waals surface area contributed by atoms with Gasteiger partial charge in [0, 0.05) is 19.2 Å². The molecule has 0 bridgehead atoms. The van der Waals surface area contributed by atoms with Crippen LogP contribution in [0.2, 0.25) is 0 Å². The molecule has 0 amide bonds. The molecule has 0 spiro atoms. The maximum absolute atomic E-state index is 13.0. The molecule has 1 unspecified atom stereocenters. The molecule has 0 aliphatic heterocycles. The molecule has 7 nitrogen and oxygen atoms in total. The van der Waals surface area contributed by atoms with Crippen LogP contribution in [0, 0.1) is 5.82 Å². The molecule has 30 heavy (non-hydrogen) atoms. The van der Waals surface area contributed by atoms with Crippen molar-refractivity contribution in [3.63, 3.8) is 0 Å². The Morgan fingerprint density at radius 2 is 1.63 bits per heavy atom. The zero-order valence-corrected chi connectivity index (χ0v) is 20.2. The number of nitrogens with one attached hydrogen (secondary N) is 2. The van der Waals surface area contributed by atoms with Gasteiger partial charge in [-0.2, -0.15) is 0 Å². The molecule has 2 aromatic rings. The van der Waals surface area contributed by atoms with Gasteiger partial charge in [-0.1, -0.05) is 0 Å². The fourth-order valence-electron chi connectivity index (χ4n) is 2.73. The zero-order valence-electron chi connectivity index (χ0n) is 17.8. The second-order valence-electron chi connectivity index (χ2n) is 6.18. The van der Waals surface area contributed by atoms with E-state index in [-0.39, 0.29) is 35.9 Å². The molecule has 2 N–H and O–H groups in total. The van der Waals surface area contributed by atoms with Gasteiger partial charge in [0.25, 0.3) is 0 Å². The largest absolute Gasteiger partial charge is 0.493 e. The van der Waals surface area contributed by atoms with Crippen molar-refractivity contribution in [2.75, 3.05) is 34.9 Å². The van der Waals surface area contributed by atoms with Crippen LogP contribution < -0.4 is 29.6 Å². The number of rotatable bonds is 9. The minimum absolute atomic E-state index is 0. The number of halogens is 2. The van der Waals surface area contributed by atoms with E-state index in [1.54, 1.807) is 40.5 Å². The van der Waals surface area contributed by atoms with Crippen LogP contribution in [0.5, 0.6) is 23.0 Å². The van der Waals surface area contributed by atoms with Crippen LogP contribution in [0.4, 0.5) is 4.39 Å². The molecule has 1 atom stereocenters. The summed E-state index contributed by atoms with van der Waals surface area (Å²) in [7, 11) is 6.42. The summed E-state index contributed by atoms with van der Waals surface area (Å²) in [6.45, 7) is 2.90. The zero-order chi connectivity index (χ0) is 21.2. The van der Waals surface area contributed by atoms with E-state index in [1.165, 1.54) is 12.1 Å². The SMILES string of the molecule is CN=C(NCc1ccc(OC)c(OC)c1OC)NCC(C)Oc1ccc(F)cc1.I. The fraction of sp³-hybridized carbons (Fsp3) is 0.381. The fourth-order valence-corrected chi connectivity index (χ4v) is 2.73. The maximum Gasteiger partial charge on any atom is 0.203 e. The van der Waals surface area contributed by atoms with Crippen molar-refractivity contribution in [2.45, 2.75) is 19.6 Å². The number of methoxy groups -OCH3 is 3. The highest BCUT2D eigenvalue weighted by molar-refractivity contribution is 14.0. The number of ether oxygens (including phenoxy) is 4. The Bertz CT molecular complexity index is 819. The Morgan fingerprint density at radius 1 is 0.967 bits per heavy atom. The van der Waals surface area contributed by atoms with Gasteiger partial charge >= 0.3 is 0 Å². The summed E-state index contributed by atoms with van der Waals surface area (Å²) in [6.07, 6.45) is -0.144. The highest BCUT2D eigenvalue weighted by atomic mass is 127. The van der Waals surface area contributed by atoms with Crippen LogP contribution in [0.1, 0.15) is 12.5 Å². The molecule has 0 radical (unpaired) electrons. The molecule has 2 rings (SSSR count). The van der Waals surface area contributed by atoms with Crippen molar-refractivity contribution in [3.8, 4) is 23.0 Å². The number of guanidine groups is 1. The maximum atomic E-state index is 13.0. The van der Waals surface area contributed by atoms with Crippen LogP contribution in [-0.4, -0.2) is 47.0 Å². The third-order valence-corrected chi connectivity index (χ3v) is 4.16. The first kappa shape index (κ1) is 25.6. The number of aliphatic imine (C=N–C) groups is 1. The summed E-state index contributed by atoms with van der Waals surface area (Å²) < 4.78 is 34.9. The van der Waals surface area contributed by atoms with Crippen LogP contribution in [0.3, 0.4) is 0 Å². The van der Waals surface area contributed by atoms with E-state index < -0.39 is 0 Å². The molecule has 0 aliphatic rings. The van der Waals surface area contributed by atoms with Crippen LogP contribution >= 0.6 is 24.0 Å². The van der Waals surface area contributed by atoms with Gasteiger partial charge in [0.05, 0.1) is 27.9 Å². The molecule has 0 aromatic heterocycles. The average Bonchev–Trinajstić information content (AvgIpc) is 2.74. The number of hydrogen-bond acceptors (Lipinski definition) is 5. The number of benzene rings is 2. The minimum atomic E-state index is -0.293. The van der Waals surface area contributed by atoms with Gasteiger partial charge in [0.15, 0.2) is 17.5 Å². The molecule has 166 valence electrons. The van der Waals surface area contributed by atoms with Gasteiger partial charge in [0.1, 0.15) is 17.7 Å². The van der Waals surface area contributed by atoms with E-state index in [2.05, 4.69) is 15.6 Å². The Kier molecular flexibility index (Phi) is 11.1. The second-order valence-corrected chi connectivity index (χ2v) is 6.18. The van der Waals surface area contributed by atoms with E-state index in [4.69, 9.17) is 18.9 Å². The smallest absolute Gasteiger partial charge is 0.203 e. The minimum Gasteiger partial charge on any atom is -0.493 e. The summed E-state index contributed by atoms with van der Waals surface area (Å²) in [5, 5.41) is 6.44. The Labute approximate surface area is 194 Å². The summed E-state index contributed by atoms with van der Waals surface area (Å²) in [6, 6.07) is 9.66. The topological polar surface area (TPSA) is 73.3 Å². The van der Waals surface area contributed by atoms with Gasteiger partial charge in [-0.15, -0.1) is 24.0 Å². The van der Waals surface area contributed by atoms with Gasteiger partial charge in [0.2, 0.25) is 5.75 Å². The van der Waals surface area contributed by atoms with E-state index in [9.17, 15) is 4.39 Å². The van der Waals surface area contributed by atoms with Crippen LogP contribution in [0.15, 0.2) is 41.4 Å². The number of hydrogen-bond donors (Lipinski definition) is 2. The second kappa shape index (κ2) is 13.0. The van der Waals surface area contributed by atoms with Crippen LogP contribution in [-0.2, 0) is 6.54 Å². The van der Waals surface area contributed by atoms with E-state index >= 15 is 0 Å². The van der Waals surface area contributed by atoms with Crippen molar-refractivity contribution in [1.82, 2.24) is 10.6 Å². The quantitative estimate of drug-likeness (QED) is 0.292. The molecular formula is C21H29FIN3O4. The standard InChI is InChI=1S/C21H28FN3O4.HI/c1-14(29-17-9-7-16(22)8-10-17)12-24-21(23-2)25-13-15-6-11-18(26-3)20(28-5)19(15)27-4;/h6-11,14H,12-13H2,1-5H3,(H2,23,24,25);1H. The van der Waals surface area contributed by atoms with Crippen LogP contribution in [0.25, 0.3) is 0 Å². The number of nitrogens with zero attached hydrogens (tertiary/aromatic N) is 1. The lowest BCUT2D eigenvalue weighted by Gasteiger charge is -2.19. The first-order valence-electron chi connectivity index (χ1n) is 9.17. The lowest BCUT2D eigenvalue weighted by atomic mass is 10.1. The Balaban J connectivity index is 0.00000450. The predicted molar refractivity (Wildman–Crippen MR) is 126 cm³/mol.